The van der Waals surface area contributed by atoms with Crippen molar-refractivity contribution in [2.24, 2.45) is 4.99 Å². The van der Waals surface area contributed by atoms with E-state index in [1.54, 1.807) is 47.9 Å². The van der Waals surface area contributed by atoms with Gasteiger partial charge in [-0.25, -0.2) is 4.79 Å². The lowest BCUT2D eigenvalue weighted by Crippen LogP contribution is -2.24. The first kappa shape index (κ1) is 21.5. The summed E-state index contributed by atoms with van der Waals surface area (Å²) in [4.78, 5) is 41.9. The van der Waals surface area contributed by atoms with E-state index in [-0.39, 0.29) is 23.5 Å². The van der Waals surface area contributed by atoms with Gasteiger partial charge in [0, 0.05) is 5.39 Å². The molecule has 9 heteroatoms. The zero-order valence-corrected chi connectivity index (χ0v) is 18.3. The lowest BCUT2D eigenvalue weighted by molar-refractivity contribution is -0.143. The summed E-state index contributed by atoms with van der Waals surface area (Å²) < 4.78 is 18.2. The van der Waals surface area contributed by atoms with Crippen LogP contribution in [0.3, 0.4) is 0 Å². The number of fused-ring (bicyclic) bond motifs is 2. The van der Waals surface area contributed by atoms with Crippen LogP contribution in [-0.4, -0.2) is 29.7 Å². The molecule has 4 rings (SSSR count). The third-order valence-corrected chi connectivity index (χ3v) is 5.67. The predicted octanol–water partition coefficient (Wildman–Crippen LogP) is 3.51. The van der Waals surface area contributed by atoms with E-state index >= 15 is 0 Å². The van der Waals surface area contributed by atoms with Crippen LogP contribution in [0.15, 0.2) is 62.7 Å². The normalized spacial score (nSPS) is 11.8. The Morgan fingerprint density at radius 2 is 1.91 bits per heavy atom. The van der Waals surface area contributed by atoms with Crippen LogP contribution in [0.1, 0.15) is 24.2 Å². The monoisotopic (exact) mass is 452 g/mol. The fraction of sp³-hybridized carbons (Fsp3) is 0.217. The summed E-state index contributed by atoms with van der Waals surface area (Å²) in [7, 11) is 0. The zero-order valence-electron chi connectivity index (χ0n) is 17.5. The number of amides is 1. The number of hydrogen-bond donors (Lipinski definition) is 0. The zero-order chi connectivity index (χ0) is 22.7. The molecule has 0 fully saturated rings. The number of carbonyl (C=O) groups is 2. The summed E-state index contributed by atoms with van der Waals surface area (Å²) in [6.07, 6.45) is 0. The number of hydrogen-bond acceptors (Lipinski definition) is 7. The topological polar surface area (TPSA) is 100 Å². The number of ether oxygens (including phenoxy) is 2. The van der Waals surface area contributed by atoms with Crippen LogP contribution in [0.25, 0.3) is 21.2 Å². The molecule has 0 saturated heterocycles. The Kier molecular flexibility index (Phi) is 6.18. The Balaban J connectivity index is 1.84. The van der Waals surface area contributed by atoms with Crippen molar-refractivity contribution in [3.63, 3.8) is 0 Å². The summed E-state index contributed by atoms with van der Waals surface area (Å²) in [5.41, 5.74) is 0.133. The predicted molar refractivity (Wildman–Crippen MR) is 120 cm³/mol. The summed E-state index contributed by atoms with van der Waals surface area (Å²) >= 11 is 1.21. The highest BCUT2D eigenvalue weighted by Gasteiger charge is 2.16. The van der Waals surface area contributed by atoms with Crippen LogP contribution in [0, 0.1) is 0 Å². The second-order valence-corrected chi connectivity index (χ2v) is 7.75. The molecule has 0 aliphatic heterocycles. The van der Waals surface area contributed by atoms with Gasteiger partial charge in [0.1, 0.15) is 23.4 Å². The minimum atomic E-state index is -0.769. The fourth-order valence-electron chi connectivity index (χ4n) is 3.24. The number of benzene rings is 2. The van der Waals surface area contributed by atoms with Crippen LogP contribution in [0.5, 0.6) is 5.75 Å². The Hall–Kier alpha value is -3.72. The van der Waals surface area contributed by atoms with Crippen molar-refractivity contribution in [2.75, 3.05) is 13.2 Å². The van der Waals surface area contributed by atoms with E-state index in [2.05, 4.69) is 4.99 Å². The first-order valence-electron chi connectivity index (χ1n) is 10.0. The van der Waals surface area contributed by atoms with Crippen LogP contribution in [-0.2, 0) is 16.1 Å². The van der Waals surface area contributed by atoms with Crippen molar-refractivity contribution in [2.45, 2.75) is 20.4 Å². The summed E-state index contributed by atoms with van der Waals surface area (Å²) in [5, 5.41) is 0.614. The summed E-state index contributed by atoms with van der Waals surface area (Å²) in [6.45, 7) is 4.22. The Morgan fingerprint density at radius 3 is 2.69 bits per heavy atom. The number of esters is 1. The lowest BCUT2D eigenvalue weighted by atomic mass is 10.2. The van der Waals surface area contributed by atoms with Crippen molar-refractivity contribution in [1.82, 2.24) is 4.57 Å². The van der Waals surface area contributed by atoms with Gasteiger partial charge in [-0.1, -0.05) is 29.5 Å². The number of para-hydroxylation sites is 1. The Morgan fingerprint density at radius 1 is 1.09 bits per heavy atom. The van der Waals surface area contributed by atoms with Crippen molar-refractivity contribution < 1.29 is 23.5 Å². The van der Waals surface area contributed by atoms with Crippen molar-refractivity contribution in [3.05, 3.63) is 69.3 Å². The van der Waals surface area contributed by atoms with E-state index in [0.717, 1.165) is 4.70 Å². The maximum absolute atomic E-state index is 12.9. The van der Waals surface area contributed by atoms with Crippen LogP contribution < -0.4 is 15.2 Å². The van der Waals surface area contributed by atoms with Gasteiger partial charge in [0.2, 0.25) is 0 Å². The van der Waals surface area contributed by atoms with E-state index in [1.807, 2.05) is 13.0 Å². The molecule has 0 saturated carbocycles. The minimum Gasteiger partial charge on any atom is -0.494 e. The summed E-state index contributed by atoms with van der Waals surface area (Å²) in [6, 6.07) is 13.8. The molecule has 4 aromatic rings. The number of thiazole rings is 1. The van der Waals surface area contributed by atoms with Crippen molar-refractivity contribution in [3.8, 4) is 5.75 Å². The molecule has 32 heavy (non-hydrogen) atoms. The molecule has 2 aromatic carbocycles. The molecule has 8 nitrogen and oxygen atoms in total. The Labute approximate surface area is 186 Å². The SMILES string of the molecule is CCOC(=O)Cn1c(=NC(=O)c2cc3ccccc3oc2=O)sc2cc(OCC)ccc21. The molecule has 2 aromatic heterocycles. The average molecular weight is 452 g/mol. The van der Waals surface area contributed by atoms with Gasteiger partial charge >= 0.3 is 11.6 Å². The molecule has 0 radical (unpaired) electrons. The maximum Gasteiger partial charge on any atom is 0.349 e. The minimum absolute atomic E-state index is 0.125. The summed E-state index contributed by atoms with van der Waals surface area (Å²) in [5.74, 6) is -0.545. The van der Waals surface area contributed by atoms with E-state index in [0.29, 0.717) is 28.8 Å². The quantitative estimate of drug-likeness (QED) is 0.328. The Bertz CT molecular complexity index is 1450. The molecule has 0 N–H and O–H groups in total. The molecule has 0 spiro atoms. The second kappa shape index (κ2) is 9.19. The van der Waals surface area contributed by atoms with Gasteiger partial charge in [-0.05, 0) is 44.2 Å². The number of aromatic nitrogens is 1. The third kappa shape index (κ3) is 4.33. The molecule has 0 aliphatic rings. The fourth-order valence-corrected chi connectivity index (χ4v) is 4.30. The largest absolute Gasteiger partial charge is 0.494 e. The first-order chi connectivity index (χ1) is 15.5. The van der Waals surface area contributed by atoms with Gasteiger partial charge in [-0.2, -0.15) is 4.99 Å². The molecule has 2 heterocycles. The van der Waals surface area contributed by atoms with Gasteiger partial charge in [0.05, 0.1) is 23.4 Å². The molecule has 0 aliphatic carbocycles. The second-order valence-electron chi connectivity index (χ2n) is 6.74. The molecular weight excluding hydrogens is 432 g/mol. The highest BCUT2D eigenvalue weighted by molar-refractivity contribution is 7.16. The molecule has 0 atom stereocenters. The van der Waals surface area contributed by atoms with E-state index in [9.17, 15) is 14.4 Å². The third-order valence-electron chi connectivity index (χ3n) is 4.63. The van der Waals surface area contributed by atoms with Crippen molar-refractivity contribution >= 4 is 44.4 Å². The van der Waals surface area contributed by atoms with Gasteiger partial charge < -0.3 is 18.5 Å². The standard InChI is InChI=1S/C23H20N2O6S/c1-3-29-15-9-10-17-19(12-15)32-23(25(17)13-20(26)30-4-2)24-21(27)16-11-14-7-5-6-8-18(14)31-22(16)28/h5-12H,3-4,13H2,1-2H3. The number of nitrogens with zero attached hydrogens (tertiary/aromatic N) is 2. The molecule has 1 amide bonds. The maximum atomic E-state index is 12.9. The molecule has 164 valence electrons. The van der Waals surface area contributed by atoms with Gasteiger partial charge in [0.25, 0.3) is 5.91 Å². The van der Waals surface area contributed by atoms with Gasteiger partial charge in [-0.15, -0.1) is 0 Å². The van der Waals surface area contributed by atoms with Crippen LogP contribution in [0.4, 0.5) is 0 Å². The highest BCUT2D eigenvalue weighted by Crippen LogP contribution is 2.24. The van der Waals surface area contributed by atoms with Crippen LogP contribution in [0.2, 0.25) is 0 Å². The van der Waals surface area contributed by atoms with Gasteiger partial charge in [-0.3, -0.25) is 9.59 Å². The lowest BCUT2D eigenvalue weighted by Gasteiger charge is -2.06. The molecular formula is C23H20N2O6S. The highest BCUT2D eigenvalue weighted by atomic mass is 32.1. The average Bonchev–Trinajstić information content (AvgIpc) is 3.09. The molecule has 0 bridgehead atoms. The van der Waals surface area contributed by atoms with Crippen LogP contribution >= 0.6 is 11.3 Å². The van der Waals surface area contributed by atoms with Crippen molar-refractivity contribution in [1.29, 1.82) is 0 Å². The van der Waals surface area contributed by atoms with E-state index in [1.165, 1.54) is 17.4 Å². The molecule has 0 unspecified atom stereocenters. The van der Waals surface area contributed by atoms with E-state index in [4.69, 9.17) is 13.9 Å². The smallest absolute Gasteiger partial charge is 0.349 e. The van der Waals surface area contributed by atoms with E-state index < -0.39 is 17.5 Å². The van der Waals surface area contributed by atoms with Gasteiger partial charge in [0.15, 0.2) is 4.80 Å². The number of rotatable bonds is 6. The number of carbonyl (C=O) groups excluding carboxylic acids is 2. The first-order valence-corrected chi connectivity index (χ1v) is 10.9.